The van der Waals surface area contributed by atoms with E-state index in [1.165, 1.54) is 11.8 Å². The summed E-state index contributed by atoms with van der Waals surface area (Å²) >= 11 is 7.78. The van der Waals surface area contributed by atoms with Crippen molar-refractivity contribution >= 4 is 29.2 Å². The Bertz CT molecular complexity index is 554. The number of thioether (sulfide) groups is 1. The van der Waals surface area contributed by atoms with Gasteiger partial charge in [0.2, 0.25) is 0 Å². The number of nitrogens with two attached hydrogens (primary N) is 1. The summed E-state index contributed by atoms with van der Waals surface area (Å²) in [5.74, 6) is 1.11. The lowest BCUT2D eigenvalue weighted by Crippen LogP contribution is -1.99. The standard InChI is InChI=1S/C11H14ClN5S/c1-3-7-9(12)8(17(2)16-7)6-18-11-10(13)14-4-5-15-11/h4-5H,3,6H2,1-2H3,(H2,13,14). The molecule has 0 amide bonds. The number of aryl methyl sites for hydroxylation is 2. The summed E-state index contributed by atoms with van der Waals surface area (Å²) in [6, 6.07) is 0. The summed E-state index contributed by atoms with van der Waals surface area (Å²) in [5.41, 5.74) is 7.64. The number of nitrogens with zero attached hydrogens (tertiary/aromatic N) is 4. The lowest BCUT2D eigenvalue weighted by Gasteiger charge is -2.04. The molecule has 0 spiro atoms. The van der Waals surface area contributed by atoms with Crippen molar-refractivity contribution in [1.82, 2.24) is 19.7 Å². The molecule has 0 atom stereocenters. The van der Waals surface area contributed by atoms with E-state index in [4.69, 9.17) is 17.3 Å². The number of aromatic nitrogens is 4. The molecule has 5 nitrogen and oxygen atoms in total. The Morgan fingerprint density at radius 3 is 2.72 bits per heavy atom. The number of halogens is 1. The molecule has 2 N–H and O–H groups in total. The van der Waals surface area contributed by atoms with E-state index in [0.717, 1.165) is 22.8 Å². The van der Waals surface area contributed by atoms with Gasteiger partial charge >= 0.3 is 0 Å². The average molecular weight is 284 g/mol. The number of nitrogen functional groups attached to an aromatic ring is 1. The maximum absolute atomic E-state index is 6.27. The lowest BCUT2D eigenvalue weighted by molar-refractivity contribution is 0.720. The van der Waals surface area contributed by atoms with Crippen LogP contribution in [0.3, 0.4) is 0 Å². The molecule has 2 aromatic heterocycles. The van der Waals surface area contributed by atoms with Crippen LogP contribution in [0.2, 0.25) is 5.02 Å². The summed E-state index contributed by atoms with van der Waals surface area (Å²) in [7, 11) is 1.89. The van der Waals surface area contributed by atoms with Gasteiger partial charge in [-0.15, -0.1) is 0 Å². The van der Waals surface area contributed by atoms with E-state index >= 15 is 0 Å². The largest absolute Gasteiger partial charge is 0.381 e. The van der Waals surface area contributed by atoms with E-state index in [1.54, 1.807) is 17.1 Å². The third-order valence-electron chi connectivity index (χ3n) is 2.54. The van der Waals surface area contributed by atoms with Crippen molar-refractivity contribution < 1.29 is 0 Å². The van der Waals surface area contributed by atoms with Crippen LogP contribution in [0.1, 0.15) is 18.3 Å². The first-order valence-corrected chi connectivity index (χ1v) is 6.89. The van der Waals surface area contributed by atoms with Crippen LogP contribution in [-0.2, 0) is 19.2 Å². The molecule has 0 radical (unpaired) electrons. The lowest BCUT2D eigenvalue weighted by atomic mass is 10.3. The highest BCUT2D eigenvalue weighted by atomic mass is 35.5. The Morgan fingerprint density at radius 1 is 1.39 bits per heavy atom. The quantitative estimate of drug-likeness (QED) is 0.872. The van der Waals surface area contributed by atoms with Gasteiger partial charge in [0.1, 0.15) is 5.03 Å². The number of hydrogen-bond acceptors (Lipinski definition) is 5. The van der Waals surface area contributed by atoms with Gasteiger partial charge in [-0.1, -0.05) is 30.3 Å². The molecule has 96 valence electrons. The van der Waals surface area contributed by atoms with Crippen LogP contribution in [0, 0.1) is 0 Å². The summed E-state index contributed by atoms with van der Waals surface area (Å²) in [5, 5.41) is 5.81. The van der Waals surface area contributed by atoms with E-state index in [9.17, 15) is 0 Å². The highest BCUT2D eigenvalue weighted by Crippen LogP contribution is 2.29. The summed E-state index contributed by atoms with van der Waals surface area (Å²) in [4.78, 5) is 8.18. The fourth-order valence-corrected chi connectivity index (χ4v) is 2.94. The third kappa shape index (κ3) is 2.59. The molecule has 7 heteroatoms. The third-order valence-corrected chi connectivity index (χ3v) is 3.98. The van der Waals surface area contributed by atoms with Crippen molar-refractivity contribution in [3.05, 3.63) is 28.8 Å². The molecule has 0 saturated carbocycles. The van der Waals surface area contributed by atoms with E-state index in [1.807, 2.05) is 14.0 Å². The van der Waals surface area contributed by atoms with Gasteiger partial charge in [-0.3, -0.25) is 4.68 Å². The molecule has 0 fully saturated rings. The van der Waals surface area contributed by atoms with Crippen molar-refractivity contribution in [2.24, 2.45) is 7.05 Å². The molecular weight excluding hydrogens is 270 g/mol. The zero-order valence-corrected chi connectivity index (χ0v) is 11.8. The predicted molar refractivity (Wildman–Crippen MR) is 73.6 cm³/mol. The normalized spacial score (nSPS) is 10.8. The van der Waals surface area contributed by atoms with Crippen LogP contribution in [0.25, 0.3) is 0 Å². The zero-order valence-electron chi connectivity index (χ0n) is 10.2. The van der Waals surface area contributed by atoms with Crippen molar-refractivity contribution in [1.29, 1.82) is 0 Å². The van der Waals surface area contributed by atoms with Gasteiger partial charge in [-0.05, 0) is 6.42 Å². The average Bonchev–Trinajstić information content (AvgIpc) is 2.64. The molecule has 0 saturated heterocycles. The molecule has 0 aliphatic rings. The van der Waals surface area contributed by atoms with Gasteiger partial charge in [-0.25, -0.2) is 9.97 Å². The summed E-state index contributed by atoms with van der Waals surface area (Å²) in [6.07, 6.45) is 4.03. The van der Waals surface area contributed by atoms with Gasteiger partial charge in [0.15, 0.2) is 5.82 Å². The van der Waals surface area contributed by atoms with Crippen molar-refractivity contribution in [2.45, 2.75) is 24.1 Å². The first kappa shape index (κ1) is 13.2. The fraction of sp³-hybridized carbons (Fsp3) is 0.364. The van der Waals surface area contributed by atoms with Crippen LogP contribution >= 0.6 is 23.4 Å². The molecule has 2 rings (SSSR count). The highest BCUT2D eigenvalue weighted by Gasteiger charge is 2.14. The second kappa shape index (κ2) is 5.58. The first-order valence-electron chi connectivity index (χ1n) is 5.53. The van der Waals surface area contributed by atoms with E-state index < -0.39 is 0 Å². The van der Waals surface area contributed by atoms with Crippen LogP contribution < -0.4 is 5.73 Å². The Morgan fingerprint density at radius 2 is 2.11 bits per heavy atom. The van der Waals surface area contributed by atoms with Gasteiger partial charge in [0, 0.05) is 25.2 Å². The molecule has 0 aliphatic heterocycles. The molecule has 0 unspecified atom stereocenters. The van der Waals surface area contributed by atoms with Gasteiger partial charge in [0.05, 0.1) is 16.4 Å². The maximum Gasteiger partial charge on any atom is 0.156 e. The van der Waals surface area contributed by atoms with Crippen molar-refractivity contribution in [2.75, 3.05) is 5.73 Å². The monoisotopic (exact) mass is 283 g/mol. The number of rotatable bonds is 4. The molecule has 18 heavy (non-hydrogen) atoms. The molecular formula is C11H14ClN5S. The summed E-state index contributed by atoms with van der Waals surface area (Å²) < 4.78 is 1.81. The topological polar surface area (TPSA) is 69.6 Å². The molecule has 0 aromatic carbocycles. The molecule has 2 heterocycles. The zero-order chi connectivity index (χ0) is 13.1. The van der Waals surface area contributed by atoms with Gasteiger partial charge in [0.25, 0.3) is 0 Å². The Kier molecular flexibility index (Phi) is 4.08. The molecule has 0 bridgehead atoms. The highest BCUT2D eigenvalue weighted by molar-refractivity contribution is 7.98. The summed E-state index contributed by atoms with van der Waals surface area (Å²) in [6.45, 7) is 2.03. The molecule has 0 aliphatic carbocycles. The molecule has 2 aromatic rings. The minimum absolute atomic E-state index is 0.441. The van der Waals surface area contributed by atoms with Crippen LogP contribution in [0.5, 0.6) is 0 Å². The van der Waals surface area contributed by atoms with Crippen molar-refractivity contribution in [3.63, 3.8) is 0 Å². The minimum atomic E-state index is 0.441. The predicted octanol–water partition coefficient (Wildman–Crippen LogP) is 2.30. The number of anilines is 1. The van der Waals surface area contributed by atoms with E-state index in [-0.39, 0.29) is 0 Å². The second-order valence-electron chi connectivity index (χ2n) is 3.72. The van der Waals surface area contributed by atoms with E-state index in [2.05, 4.69) is 15.1 Å². The number of hydrogen-bond donors (Lipinski definition) is 1. The SMILES string of the molecule is CCc1nn(C)c(CSc2nccnc2N)c1Cl. The van der Waals surface area contributed by atoms with Crippen molar-refractivity contribution in [3.8, 4) is 0 Å². The van der Waals surface area contributed by atoms with E-state index in [0.29, 0.717) is 16.6 Å². The Labute approximate surface area is 115 Å². The smallest absolute Gasteiger partial charge is 0.156 e. The second-order valence-corrected chi connectivity index (χ2v) is 5.06. The first-order chi connectivity index (χ1) is 8.63. The van der Waals surface area contributed by atoms with Gasteiger partial charge in [-0.2, -0.15) is 5.10 Å². The van der Waals surface area contributed by atoms with Crippen LogP contribution in [0.15, 0.2) is 17.4 Å². The minimum Gasteiger partial charge on any atom is -0.381 e. The fourth-order valence-electron chi connectivity index (χ4n) is 1.56. The van der Waals surface area contributed by atoms with Gasteiger partial charge < -0.3 is 5.73 Å². The Hall–Kier alpha value is -1.27. The van der Waals surface area contributed by atoms with Crippen LogP contribution in [-0.4, -0.2) is 19.7 Å². The Balaban J connectivity index is 2.16. The maximum atomic E-state index is 6.27. The van der Waals surface area contributed by atoms with Crippen LogP contribution in [0.4, 0.5) is 5.82 Å².